The Morgan fingerprint density at radius 2 is 1.71 bits per heavy atom. The number of carbonyl (C=O) groups excluding carboxylic acids is 1. The number of unbranched alkanes of at least 4 members (excludes halogenated alkanes) is 2. The van der Waals surface area contributed by atoms with E-state index >= 15 is 0 Å². The third kappa shape index (κ3) is 6.08. The summed E-state index contributed by atoms with van der Waals surface area (Å²) in [5.41, 5.74) is 1.19. The second-order valence-electron chi connectivity index (χ2n) is 6.93. The number of rotatable bonds is 11. The van der Waals surface area contributed by atoms with E-state index in [1.54, 1.807) is 30.3 Å². The molecule has 0 saturated heterocycles. The third-order valence-electron chi connectivity index (χ3n) is 4.59. The van der Waals surface area contributed by atoms with E-state index in [4.69, 9.17) is 24.1 Å². The van der Waals surface area contributed by atoms with Crippen molar-refractivity contribution in [2.45, 2.75) is 25.7 Å². The van der Waals surface area contributed by atoms with Crippen LogP contribution in [0.25, 0.3) is 22.1 Å². The minimum atomic E-state index is -1.09. The van der Waals surface area contributed by atoms with Crippen molar-refractivity contribution < 1.29 is 33.7 Å². The Morgan fingerprint density at radius 3 is 2.42 bits per heavy atom. The molecule has 0 aliphatic heterocycles. The van der Waals surface area contributed by atoms with Crippen molar-refractivity contribution in [1.82, 2.24) is 0 Å². The average Bonchev–Trinajstić information content (AvgIpc) is 2.75. The lowest BCUT2D eigenvalue weighted by molar-refractivity contribution is -0.139. The molecule has 0 aliphatic carbocycles. The minimum absolute atomic E-state index is 0.205. The number of carboxylic acids is 1. The van der Waals surface area contributed by atoms with Crippen molar-refractivity contribution in [1.29, 1.82) is 0 Å². The zero-order valence-corrected chi connectivity index (χ0v) is 16.8. The standard InChI is InChI=1S/C23H22O8/c24-21(25)4-2-1-3-11-29-16-7-5-15(6-8-16)19-13-31-20-12-17(30-14-22(26)27)9-10-18(20)23(19)28/h5-10,12-13H,1-4,11,14H2,(H,24,25)(H,26,27)/p+1. The first-order valence-corrected chi connectivity index (χ1v) is 9.82. The average molecular weight is 427 g/mol. The summed E-state index contributed by atoms with van der Waals surface area (Å²) in [5, 5.41) is 15.9. The Labute approximate surface area is 177 Å². The smallest absolute Gasteiger partial charge is 0.515 e. The Hall–Kier alpha value is -3.81. The summed E-state index contributed by atoms with van der Waals surface area (Å²) < 4.78 is 16.4. The van der Waals surface area contributed by atoms with Gasteiger partial charge in [-0.1, -0.05) is 12.1 Å². The van der Waals surface area contributed by atoms with E-state index in [0.717, 1.165) is 12.8 Å². The van der Waals surface area contributed by atoms with Gasteiger partial charge >= 0.3 is 11.9 Å². The molecule has 8 heteroatoms. The molecule has 0 fully saturated rings. The highest BCUT2D eigenvalue weighted by Crippen LogP contribution is 2.24. The second kappa shape index (κ2) is 10.3. The fourth-order valence-corrected chi connectivity index (χ4v) is 3.03. The molecule has 31 heavy (non-hydrogen) atoms. The predicted molar refractivity (Wildman–Crippen MR) is 114 cm³/mol. The van der Waals surface area contributed by atoms with Crippen LogP contribution in [-0.4, -0.2) is 35.4 Å². The van der Waals surface area contributed by atoms with Gasteiger partial charge in [0.2, 0.25) is 0 Å². The normalized spacial score (nSPS) is 10.7. The maximum atomic E-state index is 12.8. The van der Waals surface area contributed by atoms with Gasteiger partial charge < -0.3 is 24.1 Å². The Bertz CT molecular complexity index is 1110. The number of carboxylic acid groups (broad SMARTS) is 1. The van der Waals surface area contributed by atoms with Crippen molar-refractivity contribution in [2.24, 2.45) is 0 Å². The molecule has 3 N–H and O–H groups in total. The first-order chi connectivity index (χ1) is 14.9. The monoisotopic (exact) mass is 427 g/mol. The highest BCUT2D eigenvalue weighted by atomic mass is 16.5. The number of hydrogen-bond donors (Lipinski definition) is 1. The van der Waals surface area contributed by atoms with Crippen molar-refractivity contribution in [3.05, 3.63) is 59.0 Å². The topological polar surface area (TPSA) is 126 Å². The number of aliphatic carboxylic acids is 1. The summed E-state index contributed by atoms with van der Waals surface area (Å²) in [6.45, 7) is 0.0308. The molecule has 1 heterocycles. The first kappa shape index (κ1) is 21.9. The number of carbonyl (C=O) groups is 2. The lowest BCUT2D eigenvalue weighted by atomic mass is 10.1. The number of fused-ring (bicyclic) bond motifs is 1. The number of ether oxygens (including phenoxy) is 2. The van der Waals surface area contributed by atoms with Gasteiger partial charge in [-0.05, 0) is 49.1 Å². The summed E-state index contributed by atoms with van der Waals surface area (Å²) >= 11 is 0. The van der Waals surface area contributed by atoms with E-state index in [9.17, 15) is 14.4 Å². The lowest BCUT2D eigenvalue weighted by Crippen LogP contribution is -2.10. The molecule has 0 spiro atoms. The van der Waals surface area contributed by atoms with Crippen molar-refractivity contribution in [3.8, 4) is 22.6 Å². The van der Waals surface area contributed by atoms with Gasteiger partial charge in [0, 0.05) is 10.9 Å². The molecule has 162 valence electrons. The van der Waals surface area contributed by atoms with Gasteiger partial charge in [0.15, 0.2) is 12.0 Å². The first-order valence-electron chi connectivity index (χ1n) is 9.82. The van der Waals surface area contributed by atoms with Crippen LogP contribution in [0, 0.1) is 0 Å². The largest absolute Gasteiger partial charge is 0.565 e. The zero-order valence-electron chi connectivity index (χ0n) is 16.8. The molecular formula is C23H23O8+. The van der Waals surface area contributed by atoms with Crippen molar-refractivity contribution in [2.75, 3.05) is 13.2 Å². The summed E-state index contributed by atoms with van der Waals surface area (Å²) in [7, 11) is 0. The second-order valence-corrected chi connectivity index (χ2v) is 6.93. The molecule has 0 bridgehead atoms. The zero-order chi connectivity index (χ0) is 22.2. The lowest BCUT2D eigenvalue weighted by Gasteiger charge is -2.08. The van der Waals surface area contributed by atoms with Crippen LogP contribution in [-0.2, 0) is 9.59 Å². The third-order valence-corrected chi connectivity index (χ3v) is 4.59. The molecule has 0 amide bonds. The van der Waals surface area contributed by atoms with Gasteiger partial charge in [-0.2, -0.15) is 0 Å². The van der Waals surface area contributed by atoms with Crippen LogP contribution >= 0.6 is 0 Å². The molecule has 1 aromatic heterocycles. The summed E-state index contributed by atoms with van der Waals surface area (Å²) in [5.74, 6) is -0.657. The van der Waals surface area contributed by atoms with Crippen LogP contribution in [0.2, 0.25) is 0 Å². The van der Waals surface area contributed by atoms with Crippen LogP contribution in [0.15, 0.2) is 57.9 Å². The van der Waals surface area contributed by atoms with Gasteiger partial charge in [-0.25, -0.2) is 4.79 Å². The quantitative estimate of drug-likeness (QED) is 0.368. The molecule has 0 radical (unpaired) electrons. The van der Waals surface area contributed by atoms with Gasteiger partial charge in [-0.3, -0.25) is 4.79 Å². The Morgan fingerprint density at radius 1 is 0.968 bits per heavy atom. The van der Waals surface area contributed by atoms with Crippen LogP contribution in [0.5, 0.6) is 11.5 Å². The van der Waals surface area contributed by atoms with Gasteiger partial charge in [0.05, 0.1) is 17.6 Å². The van der Waals surface area contributed by atoms with Crippen molar-refractivity contribution >= 4 is 22.9 Å². The summed E-state index contributed by atoms with van der Waals surface area (Å²) in [6.07, 6.45) is 3.95. The fourth-order valence-electron chi connectivity index (χ4n) is 3.03. The highest BCUT2D eigenvalue weighted by Gasteiger charge is 2.11. The van der Waals surface area contributed by atoms with E-state index in [1.165, 1.54) is 18.4 Å². The predicted octanol–water partition coefficient (Wildman–Crippen LogP) is 3.11. The van der Waals surface area contributed by atoms with Crippen LogP contribution in [0.4, 0.5) is 0 Å². The molecule has 3 rings (SSSR count). The molecular weight excluding hydrogens is 404 g/mol. The van der Waals surface area contributed by atoms with E-state index in [2.05, 4.69) is 0 Å². The van der Waals surface area contributed by atoms with Gasteiger partial charge in [0.25, 0.3) is 0 Å². The van der Waals surface area contributed by atoms with Gasteiger partial charge in [0.1, 0.15) is 29.8 Å². The highest BCUT2D eigenvalue weighted by molar-refractivity contribution is 5.82. The van der Waals surface area contributed by atoms with E-state index < -0.39 is 18.5 Å². The van der Waals surface area contributed by atoms with E-state index in [-0.39, 0.29) is 11.8 Å². The van der Waals surface area contributed by atoms with Crippen LogP contribution < -0.4 is 14.9 Å². The molecule has 8 nitrogen and oxygen atoms in total. The van der Waals surface area contributed by atoms with Crippen molar-refractivity contribution in [3.63, 3.8) is 0 Å². The van der Waals surface area contributed by atoms with E-state index in [1.807, 2.05) is 0 Å². The van der Waals surface area contributed by atoms with Gasteiger partial charge in [-0.15, -0.1) is 0 Å². The molecule has 0 aliphatic rings. The Balaban J connectivity index is 1.65. The maximum absolute atomic E-state index is 12.8. The molecule has 0 unspecified atom stereocenters. The fraction of sp³-hybridized carbons (Fsp3) is 0.261. The van der Waals surface area contributed by atoms with E-state index in [0.29, 0.717) is 46.6 Å². The molecule has 2 aromatic carbocycles. The van der Waals surface area contributed by atoms with Crippen LogP contribution in [0.1, 0.15) is 25.7 Å². The molecule has 3 aromatic rings. The SMILES string of the molecule is O=C(O)COc1ccc2c(=O)c(-c3ccc(OCCCCCC(=O)[OH2+])cc3)coc2c1. The molecule has 0 atom stereocenters. The maximum Gasteiger partial charge on any atom is 0.515 e. The number of hydrogen-bond acceptors (Lipinski definition) is 6. The number of benzene rings is 2. The summed E-state index contributed by atoms with van der Waals surface area (Å²) in [6, 6.07) is 11.7. The molecule has 0 saturated carbocycles. The Kier molecular flexibility index (Phi) is 7.26. The van der Waals surface area contributed by atoms with Crippen LogP contribution in [0.3, 0.4) is 0 Å². The summed E-state index contributed by atoms with van der Waals surface area (Å²) in [4.78, 5) is 34.0. The minimum Gasteiger partial charge on any atom is -0.565 e.